The number of rotatable bonds is 2. The molecule has 0 saturated carbocycles. The lowest BCUT2D eigenvalue weighted by Crippen LogP contribution is -1.76. The molecule has 0 aliphatic carbocycles. The van der Waals surface area contributed by atoms with Gasteiger partial charge in [0.1, 0.15) is 0 Å². The summed E-state index contributed by atoms with van der Waals surface area (Å²) in [7, 11) is 0. The number of hydrogen-bond donors (Lipinski definition) is 1. The number of carbonyl (C=O) groups excluding carboxylic acids is 1. The van der Waals surface area contributed by atoms with Crippen LogP contribution >= 0.6 is 0 Å². The average molecular weight is 185 g/mol. The Morgan fingerprint density at radius 3 is 3.00 bits per heavy atom. The third-order valence-electron chi connectivity index (χ3n) is 1.83. The minimum atomic E-state index is 0.590. The van der Waals surface area contributed by atoms with E-state index in [4.69, 9.17) is 0 Å². The smallest absolute Gasteiger partial charge is 0.240 e. The Morgan fingerprint density at radius 1 is 1.36 bits per heavy atom. The molecule has 0 amide bonds. The number of hydrogen-bond acceptors (Lipinski definition) is 3. The standard InChI is InChI=1S/C10H7N3O/c14-7-11-9-3-1-2-8(6-9)10-4-5-12-13-10/h1-6H,(H,12,13). The first-order chi connectivity index (χ1) is 6.90. The predicted octanol–water partition coefficient (Wildman–Crippen LogP) is 2.04. The molecule has 1 N–H and O–H groups in total. The lowest BCUT2D eigenvalue weighted by molar-refractivity contribution is 0.565. The molecule has 4 nitrogen and oxygen atoms in total. The molecular weight excluding hydrogens is 178 g/mol. The van der Waals surface area contributed by atoms with Gasteiger partial charge in [0.25, 0.3) is 0 Å². The van der Waals surface area contributed by atoms with Crippen molar-refractivity contribution in [2.24, 2.45) is 4.99 Å². The summed E-state index contributed by atoms with van der Waals surface area (Å²) in [5, 5.41) is 6.67. The fraction of sp³-hybridized carbons (Fsp3) is 0. The van der Waals surface area contributed by atoms with Crippen molar-refractivity contribution in [2.75, 3.05) is 0 Å². The van der Waals surface area contributed by atoms with Crippen molar-refractivity contribution in [3.8, 4) is 11.3 Å². The van der Waals surface area contributed by atoms with Crippen LogP contribution in [0.4, 0.5) is 5.69 Å². The van der Waals surface area contributed by atoms with Crippen LogP contribution in [0.5, 0.6) is 0 Å². The molecule has 0 atom stereocenters. The highest BCUT2D eigenvalue weighted by atomic mass is 16.1. The molecule has 1 aromatic heterocycles. The van der Waals surface area contributed by atoms with E-state index in [2.05, 4.69) is 15.2 Å². The van der Waals surface area contributed by atoms with Crippen LogP contribution in [-0.4, -0.2) is 16.3 Å². The molecule has 0 radical (unpaired) electrons. The van der Waals surface area contributed by atoms with E-state index < -0.39 is 0 Å². The molecule has 1 aromatic carbocycles. The highest BCUT2D eigenvalue weighted by molar-refractivity contribution is 5.64. The van der Waals surface area contributed by atoms with Crippen molar-refractivity contribution < 1.29 is 4.79 Å². The van der Waals surface area contributed by atoms with Crippen LogP contribution in [-0.2, 0) is 4.79 Å². The first-order valence-electron chi connectivity index (χ1n) is 4.08. The van der Waals surface area contributed by atoms with E-state index in [-0.39, 0.29) is 0 Å². The summed E-state index contributed by atoms with van der Waals surface area (Å²) in [6.07, 6.45) is 3.18. The predicted molar refractivity (Wildman–Crippen MR) is 51.8 cm³/mol. The maximum atomic E-state index is 10.1. The molecule has 0 aliphatic heterocycles. The normalized spacial score (nSPS) is 9.43. The zero-order valence-corrected chi connectivity index (χ0v) is 7.27. The van der Waals surface area contributed by atoms with Gasteiger partial charge in [0, 0.05) is 11.8 Å². The van der Waals surface area contributed by atoms with Crippen LogP contribution in [0.25, 0.3) is 11.3 Å². The first kappa shape index (κ1) is 8.41. The Hall–Kier alpha value is -2.19. The highest BCUT2D eigenvalue weighted by Crippen LogP contribution is 2.21. The van der Waals surface area contributed by atoms with Gasteiger partial charge in [-0.1, -0.05) is 12.1 Å². The number of nitrogens with zero attached hydrogens (tertiary/aromatic N) is 2. The number of aliphatic imine (C=N–C) groups is 1. The number of aromatic amines is 1. The highest BCUT2D eigenvalue weighted by Gasteiger charge is 1.98. The van der Waals surface area contributed by atoms with E-state index in [0.29, 0.717) is 5.69 Å². The Morgan fingerprint density at radius 2 is 2.29 bits per heavy atom. The van der Waals surface area contributed by atoms with Crippen molar-refractivity contribution in [1.82, 2.24) is 10.2 Å². The average Bonchev–Trinajstić information content (AvgIpc) is 2.71. The first-order valence-corrected chi connectivity index (χ1v) is 4.08. The molecule has 68 valence electrons. The molecular formula is C10H7N3O. The summed E-state index contributed by atoms with van der Waals surface area (Å²) < 4.78 is 0. The van der Waals surface area contributed by atoms with Crippen molar-refractivity contribution in [3.05, 3.63) is 36.5 Å². The van der Waals surface area contributed by atoms with Crippen LogP contribution in [0.1, 0.15) is 0 Å². The minimum absolute atomic E-state index is 0.590. The van der Waals surface area contributed by atoms with Gasteiger partial charge in [-0.2, -0.15) is 10.1 Å². The maximum absolute atomic E-state index is 10.1. The summed E-state index contributed by atoms with van der Waals surface area (Å²) in [4.78, 5) is 13.6. The lowest BCUT2D eigenvalue weighted by atomic mass is 10.1. The molecule has 0 spiro atoms. The molecule has 0 aliphatic rings. The van der Waals surface area contributed by atoms with Gasteiger partial charge >= 0.3 is 0 Å². The third kappa shape index (κ3) is 1.60. The Kier molecular flexibility index (Phi) is 2.21. The molecule has 4 heteroatoms. The molecule has 0 unspecified atom stereocenters. The Bertz CT molecular complexity index is 470. The molecule has 0 saturated heterocycles. The van der Waals surface area contributed by atoms with Crippen molar-refractivity contribution in [3.63, 3.8) is 0 Å². The van der Waals surface area contributed by atoms with E-state index in [0.717, 1.165) is 11.3 Å². The van der Waals surface area contributed by atoms with Crippen molar-refractivity contribution in [2.45, 2.75) is 0 Å². The van der Waals surface area contributed by atoms with Crippen LogP contribution in [0, 0.1) is 0 Å². The van der Waals surface area contributed by atoms with E-state index in [1.807, 2.05) is 18.2 Å². The van der Waals surface area contributed by atoms with Gasteiger partial charge in [-0.25, -0.2) is 4.79 Å². The van der Waals surface area contributed by atoms with Gasteiger partial charge in [-0.3, -0.25) is 5.10 Å². The quantitative estimate of drug-likeness (QED) is 0.575. The zero-order chi connectivity index (χ0) is 9.80. The number of benzene rings is 1. The summed E-state index contributed by atoms with van der Waals surface area (Å²) in [6.45, 7) is 0. The van der Waals surface area contributed by atoms with E-state index in [1.54, 1.807) is 18.3 Å². The molecule has 2 rings (SSSR count). The zero-order valence-electron chi connectivity index (χ0n) is 7.27. The molecule has 1 heterocycles. The van der Waals surface area contributed by atoms with Gasteiger partial charge in [0.2, 0.25) is 6.08 Å². The van der Waals surface area contributed by atoms with Gasteiger partial charge in [0.05, 0.1) is 11.4 Å². The summed E-state index contributed by atoms with van der Waals surface area (Å²) in [6, 6.07) is 9.12. The molecule has 14 heavy (non-hydrogen) atoms. The SMILES string of the molecule is O=C=Nc1cccc(-c2ccn[nH]2)c1. The Balaban J connectivity index is 2.45. The number of H-pyrrole nitrogens is 1. The van der Waals surface area contributed by atoms with Crippen molar-refractivity contribution >= 4 is 11.8 Å². The number of nitrogens with one attached hydrogen (secondary N) is 1. The van der Waals surface area contributed by atoms with Crippen LogP contribution < -0.4 is 0 Å². The third-order valence-corrected chi connectivity index (χ3v) is 1.83. The minimum Gasteiger partial charge on any atom is -0.278 e. The second-order valence-corrected chi connectivity index (χ2v) is 2.72. The van der Waals surface area contributed by atoms with Gasteiger partial charge in [0.15, 0.2) is 0 Å². The van der Waals surface area contributed by atoms with E-state index >= 15 is 0 Å². The fourth-order valence-corrected chi connectivity index (χ4v) is 1.21. The largest absolute Gasteiger partial charge is 0.278 e. The Labute approximate surface area is 80.3 Å². The molecule has 0 fully saturated rings. The fourth-order valence-electron chi connectivity index (χ4n) is 1.21. The second kappa shape index (κ2) is 3.68. The molecule has 2 aromatic rings. The second-order valence-electron chi connectivity index (χ2n) is 2.72. The monoisotopic (exact) mass is 185 g/mol. The molecule has 0 bridgehead atoms. The van der Waals surface area contributed by atoms with Gasteiger partial charge < -0.3 is 0 Å². The number of isocyanates is 1. The van der Waals surface area contributed by atoms with E-state index in [9.17, 15) is 4.79 Å². The lowest BCUT2D eigenvalue weighted by Gasteiger charge is -1.97. The summed E-state index contributed by atoms with van der Waals surface area (Å²) in [5.41, 5.74) is 2.43. The summed E-state index contributed by atoms with van der Waals surface area (Å²) >= 11 is 0. The van der Waals surface area contributed by atoms with Crippen molar-refractivity contribution in [1.29, 1.82) is 0 Å². The van der Waals surface area contributed by atoms with Gasteiger partial charge in [-0.05, 0) is 18.2 Å². The van der Waals surface area contributed by atoms with Crippen LogP contribution in [0.3, 0.4) is 0 Å². The van der Waals surface area contributed by atoms with E-state index in [1.165, 1.54) is 6.08 Å². The maximum Gasteiger partial charge on any atom is 0.240 e. The number of aromatic nitrogens is 2. The van der Waals surface area contributed by atoms with Gasteiger partial charge in [-0.15, -0.1) is 0 Å². The summed E-state index contributed by atoms with van der Waals surface area (Å²) in [5.74, 6) is 0. The van der Waals surface area contributed by atoms with Crippen LogP contribution in [0.2, 0.25) is 0 Å². The topological polar surface area (TPSA) is 58.1 Å². The van der Waals surface area contributed by atoms with Crippen LogP contribution in [0.15, 0.2) is 41.5 Å².